The second-order valence-electron chi connectivity index (χ2n) is 1.34. The molecule has 0 aliphatic carbocycles. The van der Waals surface area contributed by atoms with Crippen LogP contribution < -0.4 is 0 Å². The fourth-order valence-corrected chi connectivity index (χ4v) is 0. The van der Waals surface area contributed by atoms with Crippen molar-refractivity contribution < 1.29 is 120 Å². The second-order valence-corrected chi connectivity index (χ2v) is 7.95. The Kier molecular flexibility index (Phi) is 22.4. The van der Waals surface area contributed by atoms with Crippen molar-refractivity contribution >= 4 is 0 Å². The third kappa shape index (κ3) is 2490. The van der Waals surface area contributed by atoms with Crippen LogP contribution in [-0.2, 0) is 91.7 Å². The van der Waals surface area contributed by atoms with Crippen molar-refractivity contribution in [2.24, 2.45) is 0 Å². The first-order valence-electron chi connectivity index (χ1n) is 2.10. The summed E-state index contributed by atoms with van der Waals surface area (Å²) in [4.78, 5) is 0. The molecule has 17 heteroatoms. The van der Waals surface area contributed by atoms with Crippen LogP contribution in [0.1, 0.15) is 0 Å². The molecule has 0 fully saturated rings. The topological polar surface area (TPSA) is 255 Å². The summed E-state index contributed by atoms with van der Waals surface area (Å²) in [6.07, 6.45) is 0. The summed E-state index contributed by atoms with van der Waals surface area (Å²) >= 11 is -16.6. The first-order chi connectivity index (χ1) is 6.00. The summed E-state index contributed by atoms with van der Waals surface area (Å²) < 4.78 is 96.0. The molecule has 0 aliphatic rings. The Labute approximate surface area is 118 Å². The number of rotatable bonds is 0. The van der Waals surface area contributed by atoms with Gasteiger partial charge < -0.3 is 5.48 Å². The van der Waals surface area contributed by atoms with Gasteiger partial charge in [0.05, 0.1) is 0 Å². The van der Waals surface area contributed by atoms with E-state index in [0.29, 0.717) is 0 Å². The first kappa shape index (κ1) is 30.9. The normalized spacial score (nSPS) is 10.2. The van der Waals surface area contributed by atoms with Crippen LogP contribution >= 0.6 is 0 Å². The SMILES string of the molecule is O.[Mo].[O]=[Mo](=[O])([OH])[OH].[O]=[Mo](=[O])([OH])[OH].[O]=[Mo](=[O])([OH])[OH]. The molecule has 17 heavy (non-hydrogen) atoms. The van der Waals surface area contributed by atoms with Gasteiger partial charge in [0.25, 0.3) is 0 Å². The maximum atomic E-state index is 8.85. The van der Waals surface area contributed by atoms with Crippen LogP contribution in [0.5, 0.6) is 0 Å². The molecule has 0 aliphatic heterocycles. The zero-order valence-corrected chi connectivity index (χ0v) is 15.3. The molecule has 0 saturated carbocycles. The Morgan fingerprint density at radius 1 is 0.471 bits per heavy atom. The number of hydrogen-bond acceptors (Lipinski definition) is 6. The zero-order chi connectivity index (χ0) is 13.5. The van der Waals surface area contributed by atoms with Crippen LogP contribution in [0.25, 0.3) is 0 Å². The molecule has 0 aromatic heterocycles. The molecule has 0 bridgehead atoms. The fourth-order valence-electron chi connectivity index (χ4n) is 0. The van der Waals surface area contributed by atoms with Gasteiger partial charge in [0.15, 0.2) is 0 Å². The summed E-state index contributed by atoms with van der Waals surface area (Å²) in [5, 5.41) is 0. The van der Waals surface area contributed by atoms with Gasteiger partial charge in [0.2, 0.25) is 0 Å². The van der Waals surface area contributed by atoms with Crippen molar-refractivity contribution in [2.75, 3.05) is 0 Å². The predicted molar refractivity (Wildman–Crippen MR) is 21.0 cm³/mol. The summed E-state index contributed by atoms with van der Waals surface area (Å²) in [6, 6.07) is 0. The summed E-state index contributed by atoms with van der Waals surface area (Å²) in [7, 11) is 0. The van der Waals surface area contributed by atoms with Crippen molar-refractivity contribution in [1.29, 1.82) is 0 Å². The average Bonchev–Trinajstić information content (AvgIpc) is 1.41. The molecule has 0 amide bonds. The molecule has 0 saturated heterocycles. The van der Waals surface area contributed by atoms with E-state index in [1.807, 2.05) is 0 Å². The van der Waals surface area contributed by atoms with E-state index in [9.17, 15) is 0 Å². The second kappa shape index (κ2) is 12.3. The maximum absolute atomic E-state index is 8.85. The van der Waals surface area contributed by atoms with E-state index in [1.165, 1.54) is 0 Å². The Morgan fingerprint density at radius 2 is 0.471 bits per heavy atom. The summed E-state index contributed by atoms with van der Waals surface area (Å²) in [6.45, 7) is 0. The van der Waals surface area contributed by atoms with Crippen LogP contribution in [0, 0.1) is 0 Å². The Hall–Kier alpha value is 1.27. The van der Waals surface area contributed by atoms with E-state index < -0.39 is 50.2 Å². The van der Waals surface area contributed by atoms with Gasteiger partial charge >= 0.3 is 93.2 Å². The van der Waals surface area contributed by atoms with Gasteiger partial charge in [0.1, 0.15) is 0 Å². The van der Waals surface area contributed by atoms with E-state index >= 15 is 0 Å². The molecule has 0 spiro atoms. The van der Waals surface area contributed by atoms with Crippen molar-refractivity contribution in [3.05, 3.63) is 0 Å². The monoisotopic (exact) mass is 608 g/mol. The Balaban J connectivity index is -0.0000000400. The predicted octanol–water partition coefficient (Wildman–Crippen LogP) is -4.89. The third-order valence-corrected chi connectivity index (χ3v) is 0. The van der Waals surface area contributed by atoms with Gasteiger partial charge in [-0.2, -0.15) is 0 Å². The van der Waals surface area contributed by atoms with Crippen LogP contribution in [0.4, 0.5) is 0 Å². The van der Waals surface area contributed by atoms with Gasteiger partial charge in [-0.05, 0) is 0 Å². The molecular weight excluding hydrogens is 592 g/mol. The van der Waals surface area contributed by atoms with Gasteiger partial charge in [-0.15, -0.1) is 0 Å². The third-order valence-electron chi connectivity index (χ3n) is 0. The summed E-state index contributed by atoms with van der Waals surface area (Å²) in [5.74, 6) is 0. The zero-order valence-electron chi connectivity index (χ0n) is 7.27. The molecule has 0 rings (SSSR count). The van der Waals surface area contributed by atoms with Gasteiger partial charge in [0, 0.05) is 21.1 Å². The van der Waals surface area contributed by atoms with Crippen molar-refractivity contribution in [2.45, 2.75) is 0 Å². The van der Waals surface area contributed by atoms with Crippen molar-refractivity contribution in [1.82, 2.24) is 0 Å². The van der Waals surface area contributed by atoms with Crippen LogP contribution in [0.15, 0.2) is 0 Å². The standard InChI is InChI=1S/4Mo.7H2O.6O/h;;;;7*1H2;;;;;;/q;3*+2;;;;;;;;;;;;;/p-6. The van der Waals surface area contributed by atoms with E-state index in [2.05, 4.69) is 0 Å². The van der Waals surface area contributed by atoms with E-state index in [0.717, 1.165) is 0 Å². The fraction of sp³-hybridized carbons (Fsp3) is 0. The van der Waals surface area contributed by atoms with Gasteiger partial charge in [-0.25, -0.2) is 0 Å². The van der Waals surface area contributed by atoms with Crippen LogP contribution in [-0.4, -0.2) is 28.0 Å². The molecule has 0 aromatic carbocycles. The molecule has 0 unspecified atom stereocenters. The summed E-state index contributed by atoms with van der Waals surface area (Å²) in [5.41, 5.74) is 0. The molecule has 0 radical (unpaired) electrons. The molecule has 13 nitrogen and oxygen atoms in total. The minimum atomic E-state index is -5.52. The van der Waals surface area contributed by atoms with E-state index in [1.54, 1.807) is 0 Å². The molecule has 0 atom stereocenters. The van der Waals surface area contributed by atoms with E-state index in [4.69, 9.17) is 42.9 Å². The van der Waals surface area contributed by atoms with E-state index in [-0.39, 0.29) is 26.5 Å². The van der Waals surface area contributed by atoms with Crippen molar-refractivity contribution in [3.8, 4) is 0 Å². The van der Waals surface area contributed by atoms with Crippen molar-refractivity contribution in [3.63, 3.8) is 0 Å². The quantitative estimate of drug-likeness (QED) is 0.143. The van der Waals surface area contributed by atoms with Crippen LogP contribution in [0.2, 0.25) is 0 Å². The average molecular weight is 600 g/mol. The Morgan fingerprint density at radius 3 is 0.471 bits per heavy atom. The molecule has 8 N–H and O–H groups in total. The molecule has 110 valence electrons. The Bertz CT molecular complexity index is 334. The first-order valence-corrected chi connectivity index (χ1v) is 12.4. The molecule has 0 aromatic rings. The van der Waals surface area contributed by atoms with Crippen LogP contribution in [0.3, 0.4) is 0 Å². The minimum absolute atomic E-state index is 0. The molecular formula is H8Mo4O13. The van der Waals surface area contributed by atoms with Gasteiger partial charge in [-0.1, -0.05) is 0 Å². The number of hydrogen-bond donors (Lipinski definition) is 6. The molecule has 0 heterocycles. The van der Waals surface area contributed by atoms with Gasteiger partial charge in [-0.3, -0.25) is 0 Å².